The fourth-order valence-electron chi connectivity index (χ4n) is 7.80. The molecule has 0 amide bonds. The topological polar surface area (TPSA) is 50.9 Å². The van der Waals surface area contributed by atoms with Gasteiger partial charge in [-0.15, -0.1) is 29.3 Å². The van der Waals surface area contributed by atoms with Crippen LogP contribution in [0.1, 0.15) is 214 Å². The summed E-state index contributed by atoms with van der Waals surface area (Å²) >= 11 is 0. The number of para-hydroxylation sites is 1. The van der Waals surface area contributed by atoms with Gasteiger partial charge in [0.05, 0.1) is 31.9 Å². The van der Waals surface area contributed by atoms with Crippen molar-refractivity contribution in [3.63, 3.8) is 0 Å². The number of imidazole rings is 1. The molecule has 0 atom stereocenters. The summed E-state index contributed by atoms with van der Waals surface area (Å²) in [5.74, 6) is -5.28. The first kappa shape index (κ1) is 21.6. The number of rotatable bonds is 8. The number of aryl methyl sites for hydroxylation is 1. The molecule has 0 radical (unpaired) electrons. The third-order valence-corrected chi connectivity index (χ3v) is 11.7. The number of aromatic hydroxyl groups is 1. The van der Waals surface area contributed by atoms with Crippen LogP contribution in [0.3, 0.4) is 0 Å². The van der Waals surface area contributed by atoms with Crippen molar-refractivity contribution >= 4 is 11.0 Å². The maximum absolute atomic E-state index is 13.2. The molecule has 4 nitrogen and oxygen atoms in total. The molecular formula is C65H74N3OPt-. The molecule has 0 aliphatic carbocycles. The van der Waals surface area contributed by atoms with E-state index in [-0.39, 0.29) is 71.5 Å². The van der Waals surface area contributed by atoms with E-state index in [9.17, 15) is 13.3 Å². The van der Waals surface area contributed by atoms with Crippen molar-refractivity contribution in [3.05, 3.63) is 166 Å². The Morgan fingerprint density at radius 2 is 1.27 bits per heavy atom. The number of phenols is 1. The number of nitrogens with zero attached hydrogens (tertiary/aromatic N) is 3. The number of pyridine rings is 1. The fourth-order valence-corrected chi connectivity index (χ4v) is 7.80. The van der Waals surface area contributed by atoms with E-state index in [0.29, 0.717) is 17.2 Å². The molecule has 1 N–H and O–H groups in total. The van der Waals surface area contributed by atoms with Crippen LogP contribution in [0.4, 0.5) is 0 Å². The van der Waals surface area contributed by atoms with Gasteiger partial charge in [0.25, 0.3) is 0 Å². The molecule has 8 rings (SSSR count). The van der Waals surface area contributed by atoms with Crippen LogP contribution in [0.15, 0.2) is 121 Å². The number of hydrogen-bond acceptors (Lipinski definition) is 3. The molecule has 0 saturated carbocycles. The monoisotopic (exact) mass is 1150 g/mol. The van der Waals surface area contributed by atoms with Gasteiger partial charge < -0.3 is 5.11 Å². The normalized spacial score (nSPS) is 22.8. The van der Waals surface area contributed by atoms with Crippen molar-refractivity contribution in [3.8, 4) is 67.5 Å². The van der Waals surface area contributed by atoms with Gasteiger partial charge in [-0.25, -0.2) is 4.98 Å². The number of hydrogen-bond donors (Lipinski definition) is 1. The van der Waals surface area contributed by atoms with Crippen LogP contribution < -0.4 is 0 Å². The summed E-state index contributed by atoms with van der Waals surface area (Å²) in [5.41, 5.74) is -23.3. The standard InChI is InChI=1S/C65H74N3O.Pt/c1-39(2)45-30-46(40(3)4)32-47(31-45)43-23-26-57(41(5)29-43)68-58-20-18-19-53(59(58)67-61(68)54-37-52(64(12,13)14)38-55(60(54)69)65(15,16)17)48-33-49(35-51(34-48)63(9,10)11)56-36-44(27-28-66-56)42-21-24-50(25-22-42)62(6,7)8;/h18-32,34-40,69H,1-17H3;/q-1;/i5D3,6D3,7D3,8D3,12D3,13D3,14D3,15D3,16D3,17D3,21D,22D,24D,25D,27D,28D,36D,39D,40D;. The molecule has 0 unspecified atom stereocenters. The number of aromatic nitrogens is 3. The molecule has 0 aliphatic rings. The van der Waals surface area contributed by atoms with Gasteiger partial charge >= 0.3 is 0 Å². The van der Waals surface area contributed by atoms with Crippen molar-refractivity contribution in [2.45, 2.75) is 150 Å². The Morgan fingerprint density at radius 3 is 1.90 bits per heavy atom. The second-order valence-electron chi connectivity index (χ2n) is 18.5. The third-order valence-electron chi connectivity index (χ3n) is 11.7. The predicted octanol–water partition coefficient (Wildman–Crippen LogP) is 18.0. The third kappa shape index (κ3) is 10.6. The SMILES string of the molecule is [2H]c1nc(-c2[c-]c(-c3cccc4c3nc(-c3cc(C(C([2H])([2H])[2H])(C([2H])([2H])[2H])C([2H])([2H])[2H])cc(C(C([2H])([2H])[2H])(C([2H])([2H])[2H])C([2H])([2H])[2H])c3O)n4-c3ccc(-c4cc(C([2H])(C)C)cc(C([2H])(C)C)c4)cc3C([2H])([2H])[2H])cc(C(C)(C)C)c2)c([2H])c(-c2c([2H])c([2H])c(C(C([2H])([2H])[2H])(C([2H])([2H])[2H])C([2H])([2H])[2H])c([2H])c2[2H])c1[2H].[Pt]. The minimum Gasteiger partial charge on any atom is -0.507 e. The van der Waals surface area contributed by atoms with Gasteiger partial charge in [-0.3, -0.25) is 9.55 Å². The zero-order chi connectivity index (χ0) is 83.1. The average molecular weight is 1150 g/mol. The Kier molecular flexibility index (Phi) is 5.94. The van der Waals surface area contributed by atoms with Gasteiger partial charge in [0, 0.05) is 82.4 Å². The van der Waals surface area contributed by atoms with E-state index in [4.69, 9.17) is 50.2 Å². The second kappa shape index (κ2) is 19.2. The van der Waals surface area contributed by atoms with Crippen LogP contribution in [0.25, 0.3) is 72.7 Å². The summed E-state index contributed by atoms with van der Waals surface area (Å²) in [5, 5.41) is 13.2. The number of benzene rings is 6. The van der Waals surface area contributed by atoms with E-state index < -0.39 is 206 Å². The average Bonchev–Trinajstić information content (AvgIpc) is 1.19. The first-order chi connectivity index (χ1) is 48.2. The van der Waals surface area contributed by atoms with E-state index in [1.807, 2.05) is 0 Å². The van der Waals surface area contributed by atoms with Crippen molar-refractivity contribution in [1.82, 2.24) is 14.5 Å². The summed E-state index contributed by atoms with van der Waals surface area (Å²) in [4.78, 5) is 9.15. The van der Waals surface area contributed by atoms with Gasteiger partial charge in [0.2, 0.25) is 0 Å². The molecule has 0 saturated heterocycles. The largest absolute Gasteiger partial charge is 0.507 e. The minimum absolute atomic E-state index is 0. The Hall–Kier alpha value is -5.57. The van der Waals surface area contributed by atoms with Crippen LogP contribution in [0.5, 0.6) is 5.75 Å². The molecule has 70 heavy (non-hydrogen) atoms. The second-order valence-corrected chi connectivity index (χ2v) is 18.5. The Bertz CT molecular complexity index is 4710. The van der Waals surface area contributed by atoms with Crippen molar-refractivity contribution < 1.29 is 79.6 Å². The van der Waals surface area contributed by atoms with Gasteiger partial charge in [0.1, 0.15) is 11.6 Å². The van der Waals surface area contributed by atoms with E-state index in [1.54, 1.807) is 66.7 Å². The fraction of sp³-hybridized carbons (Fsp3) is 0.354. The molecule has 2 heterocycles. The van der Waals surface area contributed by atoms with Gasteiger partial charge in [0.15, 0.2) is 0 Å². The number of fused-ring (bicyclic) bond motifs is 1. The minimum atomic E-state index is -4.43. The van der Waals surface area contributed by atoms with E-state index >= 15 is 0 Å². The van der Waals surface area contributed by atoms with Gasteiger partial charge in [-0.1, -0.05) is 194 Å². The summed E-state index contributed by atoms with van der Waals surface area (Å²) in [7, 11) is 0. The van der Waals surface area contributed by atoms with Gasteiger partial charge in [-0.2, -0.15) is 0 Å². The van der Waals surface area contributed by atoms with Crippen LogP contribution in [0.2, 0.25) is 0 Å². The summed E-state index contributed by atoms with van der Waals surface area (Å²) < 4.78 is 344. The van der Waals surface area contributed by atoms with E-state index in [1.165, 1.54) is 48.5 Å². The first-order valence-corrected chi connectivity index (χ1v) is 21.6. The van der Waals surface area contributed by atoms with Crippen LogP contribution >= 0.6 is 0 Å². The molecule has 0 fully saturated rings. The summed E-state index contributed by atoms with van der Waals surface area (Å²) in [6.45, 7) is -30.3. The summed E-state index contributed by atoms with van der Waals surface area (Å²) in [6.07, 6.45) is -1.02. The Morgan fingerprint density at radius 1 is 0.629 bits per heavy atom. The maximum atomic E-state index is 13.2. The molecule has 2 aromatic heterocycles. The molecule has 0 aliphatic heterocycles. The van der Waals surface area contributed by atoms with Crippen molar-refractivity contribution in [2.24, 2.45) is 0 Å². The molecule has 0 bridgehead atoms. The maximum Gasteiger partial charge on any atom is 0.148 e. The van der Waals surface area contributed by atoms with Crippen LogP contribution in [-0.4, -0.2) is 19.6 Å². The molecule has 0 spiro atoms. The van der Waals surface area contributed by atoms with Crippen molar-refractivity contribution in [1.29, 1.82) is 0 Å². The Labute approximate surface area is 489 Å². The Balaban J connectivity index is 0.0000165. The summed E-state index contributed by atoms with van der Waals surface area (Å²) in [6, 6.07) is 11.3. The quantitative estimate of drug-likeness (QED) is 0.154. The predicted molar refractivity (Wildman–Crippen MR) is 294 cm³/mol. The number of phenolic OH excluding ortho intramolecular Hbond substituents is 1. The van der Waals surface area contributed by atoms with Crippen LogP contribution in [-0.2, 0) is 42.7 Å². The zero-order valence-electron chi connectivity index (χ0n) is 78.1. The van der Waals surface area contributed by atoms with E-state index in [2.05, 4.69) is 11.1 Å². The molecule has 8 aromatic rings. The first-order valence-electron chi connectivity index (χ1n) is 41.1. The molecule has 6 aromatic carbocycles. The zero-order valence-corrected chi connectivity index (χ0v) is 41.4. The van der Waals surface area contributed by atoms with E-state index in [0.717, 1.165) is 4.57 Å². The van der Waals surface area contributed by atoms with Crippen molar-refractivity contribution in [2.75, 3.05) is 0 Å². The molecular weight excluding hydrogens is 1030 g/mol. The smallest absolute Gasteiger partial charge is 0.148 e. The molecule has 366 valence electrons. The van der Waals surface area contributed by atoms with Crippen LogP contribution in [0, 0.1) is 12.9 Å². The van der Waals surface area contributed by atoms with Gasteiger partial charge in [-0.05, 0) is 121 Å². The molecule has 5 heteroatoms.